The number of nitrogens with zero attached hydrogens (tertiary/aromatic N) is 3. The van der Waals surface area contributed by atoms with Crippen LogP contribution in [0.4, 0.5) is 10.5 Å². The Hall–Kier alpha value is -4.17. The number of fused-ring (bicyclic) bond motifs is 1. The lowest BCUT2D eigenvalue weighted by Crippen LogP contribution is -2.40. The van der Waals surface area contributed by atoms with E-state index in [1.54, 1.807) is 7.11 Å². The molecule has 2 fully saturated rings. The van der Waals surface area contributed by atoms with Crippen LogP contribution in [-0.2, 0) is 22.5 Å². The van der Waals surface area contributed by atoms with Crippen LogP contribution in [0.2, 0.25) is 0 Å². The maximum atomic E-state index is 13.5. The maximum absolute atomic E-state index is 13.5. The molecule has 0 radical (unpaired) electrons. The quantitative estimate of drug-likeness (QED) is 0.170. The summed E-state index contributed by atoms with van der Waals surface area (Å²) in [5.41, 5.74) is 6.43. The first-order valence-corrected chi connectivity index (χ1v) is 16.5. The first kappa shape index (κ1) is 30.8. The SMILES string of the molecule is COCCCn1c([C@@H]2CCCN(C(=O)C[C@H](C)Cc3ccc(-c4ccc(NC(=O)NC5CC5)cc4)cc3)C2)nc2ccccc21. The van der Waals surface area contributed by atoms with Gasteiger partial charge in [0.25, 0.3) is 0 Å². The fourth-order valence-electron chi connectivity index (χ4n) is 6.48. The van der Waals surface area contributed by atoms with E-state index in [2.05, 4.69) is 69.5 Å². The molecule has 2 heterocycles. The van der Waals surface area contributed by atoms with Gasteiger partial charge in [0.1, 0.15) is 5.82 Å². The standard InChI is InChI=1S/C37H45N5O3/c1-26(23-27-10-12-28(13-11-27)29-14-16-31(17-15-29)38-37(44)39-32-18-19-32)24-35(43)41-20-5-7-30(25-41)36-40-33-8-3-4-9-34(33)42(36)21-6-22-45-2/h3-4,8-17,26,30,32H,5-7,18-25H2,1-2H3,(H2,38,39,44)/t26-,30-/m1/s1. The van der Waals surface area contributed by atoms with Crippen LogP contribution < -0.4 is 10.6 Å². The summed E-state index contributed by atoms with van der Waals surface area (Å²) in [5.74, 6) is 1.83. The average Bonchev–Trinajstić information content (AvgIpc) is 3.79. The number of benzene rings is 3. The number of imidazole rings is 1. The fourth-order valence-corrected chi connectivity index (χ4v) is 6.48. The van der Waals surface area contributed by atoms with Crippen molar-refractivity contribution in [1.82, 2.24) is 19.8 Å². The lowest BCUT2D eigenvalue weighted by Gasteiger charge is -2.33. The molecule has 8 heteroatoms. The van der Waals surface area contributed by atoms with Gasteiger partial charge in [-0.3, -0.25) is 4.79 Å². The number of para-hydroxylation sites is 2. The Bertz CT molecular complexity index is 1590. The largest absolute Gasteiger partial charge is 0.385 e. The normalized spacial score (nSPS) is 17.3. The summed E-state index contributed by atoms with van der Waals surface area (Å²) in [7, 11) is 1.74. The first-order chi connectivity index (χ1) is 22.0. The second kappa shape index (κ2) is 14.3. The Morgan fingerprint density at radius 2 is 1.71 bits per heavy atom. The van der Waals surface area contributed by atoms with Gasteiger partial charge in [-0.2, -0.15) is 0 Å². The molecular weight excluding hydrogens is 562 g/mol. The lowest BCUT2D eigenvalue weighted by molar-refractivity contribution is -0.133. The summed E-state index contributed by atoms with van der Waals surface area (Å²) in [6.45, 7) is 5.31. The van der Waals surface area contributed by atoms with E-state index in [0.717, 1.165) is 91.8 Å². The molecule has 2 N–H and O–H groups in total. The Kier molecular flexibility index (Phi) is 9.79. The number of ether oxygens (including phenoxy) is 1. The van der Waals surface area contributed by atoms with Gasteiger partial charge in [0.05, 0.1) is 11.0 Å². The number of rotatable bonds is 12. The Balaban J connectivity index is 1.02. The minimum atomic E-state index is -0.142. The van der Waals surface area contributed by atoms with Gasteiger partial charge in [-0.25, -0.2) is 9.78 Å². The second-order valence-corrected chi connectivity index (χ2v) is 12.8. The Morgan fingerprint density at radius 1 is 0.978 bits per heavy atom. The van der Waals surface area contributed by atoms with Crippen LogP contribution in [0.1, 0.15) is 62.8 Å². The zero-order valence-corrected chi connectivity index (χ0v) is 26.5. The summed E-state index contributed by atoms with van der Waals surface area (Å²) >= 11 is 0. The van der Waals surface area contributed by atoms with Gasteiger partial charge in [0, 0.05) is 57.4 Å². The van der Waals surface area contributed by atoms with Gasteiger partial charge in [-0.15, -0.1) is 0 Å². The zero-order valence-electron chi connectivity index (χ0n) is 26.5. The number of methoxy groups -OCH3 is 1. The van der Waals surface area contributed by atoms with Crippen molar-refractivity contribution in [1.29, 1.82) is 0 Å². The molecule has 1 aromatic heterocycles. The van der Waals surface area contributed by atoms with E-state index in [9.17, 15) is 9.59 Å². The second-order valence-electron chi connectivity index (χ2n) is 12.8. The van der Waals surface area contributed by atoms with Crippen LogP contribution in [0, 0.1) is 5.92 Å². The maximum Gasteiger partial charge on any atom is 0.319 e. The molecule has 4 aromatic rings. The van der Waals surface area contributed by atoms with Crippen molar-refractivity contribution in [3.63, 3.8) is 0 Å². The van der Waals surface area contributed by atoms with Crippen LogP contribution in [0.3, 0.4) is 0 Å². The minimum absolute atomic E-state index is 0.142. The number of hydrogen-bond donors (Lipinski definition) is 2. The molecule has 1 aliphatic heterocycles. The monoisotopic (exact) mass is 607 g/mol. The van der Waals surface area contributed by atoms with Crippen molar-refractivity contribution in [3.05, 3.63) is 84.2 Å². The molecule has 0 spiro atoms. The van der Waals surface area contributed by atoms with Crippen molar-refractivity contribution >= 4 is 28.7 Å². The molecule has 0 bridgehead atoms. The molecule has 3 aromatic carbocycles. The average molecular weight is 608 g/mol. The van der Waals surface area contributed by atoms with Crippen molar-refractivity contribution in [2.45, 2.75) is 70.4 Å². The zero-order chi connectivity index (χ0) is 31.2. The summed E-state index contributed by atoms with van der Waals surface area (Å²) in [5, 5.41) is 5.84. The van der Waals surface area contributed by atoms with Crippen LogP contribution in [0.15, 0.2) is 72.8 Å². The summed E-state index contributed by atoms with van der Waals surface area (Å²) in [4.78, 5) is 32.6. The van der Waals surface area contributed by atoms with Gasteiger partial charge in [0.2, 0.25) is 5.91 Å². The topological polar surface area (TPSA) is 88.5 Å². The predicted octanol–water partition coefficient (Wildman–Crippen LogP) is 7.00. The Labute approximate surface area is 266 Å². The third-order valence-electron chi connectivity index (χ3n) is 9.00. The van der Waals surface area contributed by atoms with Crippen molar-refractivity contribution in [2.24, 2.45) is 5.92 Å². The van der Waals surface area contributed by atoms with E-state index >= 15 is 0 Å². The minimum Gasteiger partial charge on any atom is -0.385 e. The smallest absolute Gasteiger partial charge is 0.319 e. The van der Waals surface area contributed by atoms with E-state index in [4.69, 9.17) is 9.72 Å². The first-order valence-electron chi connectivity index (χ1n) is 16.5. The highest BCUT2D eigenvalue weighted by Crippen LogP contribution is 2.31. The molecule has 45 heavy (non-hydrogen) atoms. The molecular formula is C37H45N5O3. The number of anilines is 1. The number of carbonyl (C=O) groups is 2. The van der Waals surface area contributed by atoms with E-state index in [1.165, 1.54) is 5.56 Å². The van der Waals surface area contributed by atoms with Crippen LogP contribution >= 0.6 is 0 Å². The molecule has 236 valence electrons. The van der Waals surface area contributed by atoms with E-state index < -0.39 is 0 Å². The highest BCUT2D eigenvalue weighted by atomic mass is 16.5. The van der Waals surface area contributed by atoms with Crippen LogP contribution in [-0.4, -0.2) is 59.2 Å². The molecule has 6 rings (SSSR count). The van der Waals surface area contributed by atoms with E-state index in [-0.39, 0.29) is 23.8 Å². The fraction of sp³-hybridized carbons (Fsp3) is 0.432. The number of aromatic nitrogens is 2. The summed E-state index contributed by atoms with van der Waals surface area (Å²) in [6, 6.07) is 25.1. The lowest BCUT2D eigenvalue weighted by atomic mass is 9.93. The van der Waals surface area contributed by atoms with Crippen molar-refractivity contribution in [3.8, 4) is 11.1 Å². The number of carbonyl (C=O) groups excluding carboxylic acids is 2. The van der Waals surface area contributed by atoms with Crippen LogP contribution in [0.5, 0.6) is 0 Å². The molecule has 2 aliphatic rings. The number of piperidine rings is 1. The molecule has 1 aliphatic carbocycles. The van der Waals surface area contributed by atoms with Crippen molar-refractivity contribution in [2.75, 3.05) is 32.1 Å². The number of hydrogen-bond acceptors (Lipinski definition) is 4. The number of urea groups is 1. The number of nitrogens with one attached hydrogen (secondary N) is 2. The highest BCUT2D eigenvalue weighted by molar-refractivity contribution is 5.90. The molecule has 1 saturated carbocycles. The molecule has 0 unspecified atom stereocenters. The Morgan fingerprint density at radius 3 is 2.44 bits per heavy atom. The molecule has 2 atom stereocenters. The molecule has 8 nitrogen and oxygen atoms in total. The third kappa shape index (κ3) is 7.92. The van der Waals surface area contributed by atoms with Gasteiger partial charge >= 0.3 is 6.03 Å². The van der Waals surface area contributed by atoms with Gasteiger partial charge < -0.3 is 24.8 Å². The number of likely N-dealkylation sites (tertiary alicyclic amines) is 1. The highest BCUT2D eigenvalue weighted by Gasteiger charge is 2.29. The van der Waals surface area contributed by atoms with Gasteiger partial charge in [0.15, 0.2) is 0 Å². The van der Waals surface area contributed by atoms with Crippen LogP contribution in [0.25, 0.3) is 22.2 Å². The number of amides is 3. The summed E-state index contributed by atoms with van der Waals surface area (Å²) < 4.78 is 7.66. The molecule has 3 amide bonds. The van der Waals surface area contributed by atoms with E-state index in [1.807, 2.05) is 30.3 Å². The number of aryl methyl sites for hydroxylation is 1. The predicted molar refractivity (Wildman–Crippen MR) is 179 cm³/mol. The summed E-state index contributed by atoms with van der Waals surface area (Å²) in [6.07, 6.45) is 6.52. The van der Waals surface area contributed by atoms with Gasteiger partial charge in [-0.05, 0) is 85.4 Å². The van der Waals surface area contributed by atoms with E-state index in [0.29, 0.717) is 19.1 Å². The third-order valence-corrected chi connectivity index (χ3v) is 9.00. The van der Waals surface area contributed by atoms with Crippen molar-refractivity contribution < 1.29 is 14.3 Å². The van der Waals surface area contributed by atoms with Gasteiger partial charge in [-0.1, -0.05) is 55.5 Å². The molecule has 1 saturated heterocycles.